The van der Waals surface area contributed by atoms with Gasteiger partial charge in [-0.3, -0.25) is 0 Å². The molecule has 0 aliphatic rings. The van der Waals surface area contributed by atoms with Gasteiger partial charge in [0.05, 0.1) is 0 Å². The Labute approximate surface area is 63.2 Å². The maximum absolute atomic E-state index is 4.11. The maximum Gasteiger partial charge on any atom is 0.0498 e. The Morgan fingerprint density at radius 3 is 2.40 bits per heavy atom. The SMILES string of the molecule is C/C=C(\C=N\N(C)C)CC. The normalized spacial score (nSPS) is 12.6. The summed E-state index contributed by atoms with van der Waals surface area (Å²) in [6.07, 6.45) is 5.01. The van der Waals surface area contributed by atoms with E-state index in [4.69, 9.17) is 0 Å². The maximum atomic E-state index is 4.11. The molecule has 0 spiro atoms. The van der Waals surface area contributed by atoms with Gasteiger partial charge in [-0.1, -0.05) is 13.0 Å². The quantitative estimate of drug-likeness (QED) is 0.432. The largest absolute Gasteiger partial charge is 0.303 e. The Kier molecular flexibility index (Phi) is 4.63. The van der Waals surface area contributed by atoms with Gasteiger partial charge < -0.3 is 5.01 Å². The lowest BCUT2D eigenvalue weighted by molar-refractivity contribution is 0.440. The number of hydrogen-bond donors (Lipinski definition) is 0. The van der Waals surface area contributed by atoms with Crippen molar-refractivity contribution in [1.82, 2.24) is 5.01 Å². The van der Waals surface area contributed by atoms with Crippen molar-refractivity contribution in [3.05, 3.63) is 11.6 Å². The van der Waals surface area contributed by atoms with Crippen molar-refractivity contribution in [2.45, 2.75) is 20.3 Å². The summed E-state index contributed by atoms with van der Waals surface area (Å²) in [4.78, 5) is 0. The molecule has 0 unspecified atom stereocenters. The van der Waals surface area contributed by atoms with E-state index < -0.39 is 0 Å². The minimum absolute atomic E-state index is 1.05. The first kappa shape index (κ1) is 9.21. The third-order valence-electron chi connectivity index (χ3n) is 1.23. The van der Waals surface area contributed by atoms with Gasteiger partial charge in [-0.15, -0.1) is 0 Å². The molecule has 0 radical (unpaired) electrons. The van der Waals surface area contributed by atoms with Gasteiger partial charge in [-0.05, 0) is 18.9 Å². The van der Waals surface area contributed by atoms with Gasteiger partial charge in [-0.25, -0.2) is 0 Å². The molecule has 0 aromatic heterocycles. The van der Waals surface area contributed by atoms with Crippen LogP contribution in [0.5, 0.6) is 0 Å². The van der Waals surface area contributed by atoms with Crippen LogP contribution in [0.1, 0.15) is 20.3 Å². The predicted octanol–water partition coefficient (Wildman–Crippen LogP) is 1.89. The van der Waals surface area contributed by atoms with Crippen LogP contribution in [-0.4, -0.2) is 25.3 Å². The number of hydrazone groups is 1. The van der Waals surface area contributed by atoms with Crippen LogP contribution >= 0.6 is 0 Å². The first-order valence-corrected chi connectivity index (χ1v) is 3.57. The Hall–Kier alpha value is -0.790. The highest BCUT2D eigenvalue weighted by molar-refractivity contribution is 5.77. The van der Waals surface area contributed by atoms with Crippen molar-refractivity contribution in [3.8, 4) is 0 Å². The first-order valence-electron chi connectivity index (χ1n) is 3.57. The summed E-state index contributed by atoms with van der Waals surface area (Å²) in [6, 6.07) is 0. The third kappa shape index (κ3) is 4.13. The molecule has 0 saturated carbocycles. The molecule has 0 N–H and O–H groups in total. The van der Waals surface area contributed by atoms with E-state index in [1.165, 1.54) is 5.57 Å². The Morgan fingerprint density at radius 1 is 1.50 bits per heavy atom. The molecule has 0 amide bonds. The Morgan fingerprint density at radius 2 is 2.10 bits per heavy atom. The zero-order valence-electron chi connectivity index (χ0n) is 7.26. The van der Waals surface area contributed by atoms with Gasteiger partial charge in [0.15, 0.2) is 0 Å². The Bertz CT molecular complexity index is 134. The monoisotopic (exact) mass is 140 g/mol. The average molecular weight is 140 g/mol. The molecule has 0 heterocycles. The summed E-state index contributed by atoms with van der Waals surface area (Å²) in [5.41, 5.74) is 1.27. The van der Waals surface area contributed by atoms with Crippen molar-refractivity contribution in [2.24, 2.45) is 5.10 Å². The van der Waals surface area contributed by atoms with E-state index in [1.807, 2.05) is 27.2 Å². The van der Waals surface area contributed by atoms with E-state index in [2.05, 4.69) is 18.1 Å². The van der Waals surface area contributed by atoms with Gasteiger partial charge in [0, 0.05) is 20.3 Å². The van der Waals surface area contributed by atoms with Crippen LogP contribution in [0.15, 0.2) is 16.8 Å². The van der Waals surface area contributed by atoms with Gasteiger partial charge in [-0.2, -0.15) is 5.10 Å². The molecule has 0 aromatic carbocycles. The number of hydrogen-bond acceptors (Lipinski definition) is 2. The van der Waals surface area contributed by atoms with Crippen LogP contribution in [0, 0.1) is 0 Å². The zero-order chi connectivity index (χ0) is 7.98. The average Bonchev–Trinajstić information content (AvgIpc) is 1.90. The summed E-state index contributed by atoms with van der Waals surface area (Å²) < 4.78 is 0. The van der Waals surface area contributed by atoms with Gasteiger partial charge >= 0.3 is 0 Å². The van der Waals surface area contributed by atoms with E-state index in [1.54, 1.807) is 5.01 Å². The molecule has 2 nitrogen and oxygen atoms in total. The molecule has 0 aliphatic heterocycles. The summed E-state index contributed by atoms with van der Waals surface area (Å²) in [7, 11) is 3.83. The summed E-state index contributed by atoms with van der Waals surface area (Å²) in [5, 5.41) is 5.90. The van der Waals surface area contributed by atoms with Crippen molar-refractivity contribution < 1.29 is 0 Å². The van der Waals surface area contributed by atoms with Crippen LogP contribution < -0.4 is 0 Å². The summed E-state index contributed by atoms with van der Waals surface area (Å²) >= 11 is 0. The van der Waals surface area contributed by atoms with Crippen LogP contribution in [0.4, 0.5) is 0 Å². The van der Waals surface area contributed by atoms with E-state index in [0.717, 1.165) is 6.42 Å². The second kappa shape index (κ2) is 5.03. The molecule has 0 bridgehead atoms. The molecular weight excluding hydrogens is 124 g/mol. The second-order valence-corrected chi connectivity index (χ2v) is 2.31. The third-order valence-corrected chi connectivity index (χ3v) is 1.23. The summed E-state index contributed by atoms with van der Waals surface area (Å²) in [6.45, 7) is 4.15. The van der Waals surface area contributed by atoms with Crippen LogP contribution in [0.3, 0.4) is 0 Å². The lowest BCUT2D eigenvalue weighted by atomic mass is 10.2. The lowest BCUT2D eigenvalue weighted by Gasteiger charge is -2.02. The van der Waals surface area contributed by atoms with E-state index >= 15 is 0 Å². The minimum atomic E-state index is 1.05. The molecule has 0 fully saturated rings. The van der Waals surface area contributed by atoms with E-state index in [9.17, 15) is 0 Å². The second-order valence-electron chi connectivity index (χ2n) is 2.31. The Balaban J connectivity index is 3.86. The van der Waals surface area contributed by atoms with Crippen LogP contribution in [0.2, 0.25) is 0 Å². The van der Waals surface area contributed by atoms with E-state index in [-0.39, 0.29) is 0 Å². The van der Waals surface area contributed by atoms with Crippen LogP contribution in [-0.2, 0) is 0 Å². The number of allylic oxidation sites excluding steroid dienone is 2. The summed E-state index contributed by atoms with van der Waals surface area (Å²) in [5.74, 6) is 0. The molecule has 0 saturated heterocycles. The number of nitrogens with zero attached hydrogens (tertiary/aromatic N) is 2. The number of rotatable bonds is 3. The molecule has 0 rings (SSSR count). The topological polar surface area (TPSA) is 15.6 Å². The fourth-order valence-corrected chi connectivity index (χ4v) is 0.560. The fraction of sp³-hybridized carbons (Fsp3) is 0.625. The lowest BCUT2D eigenvalue weighted by Crippen LogP contribution is -2.02. The van der Waals surface area contributed by atoms with Gasteiger partial charge in [0.1, 0.15) is 0 Å². The van der Waals surface area contributed by atoms with Crippen molar-refractivity contribution in [2.75, 3.05) is 14.1 Å². The molecule has 2 heteroatoms. The molecule has 0 aliphatic carbocycles. The van der Waals surface area contributed by atoms with Crippen molar-refractivity contribution in [1.29, 1.82) is 0 Å². The molecular formula is C8H16N2. The highest BCUT2D eigenvalue weighted by atomic mass is 15.4. The highest BCUT2D eigenvalue weighted by Gasteiger charge is 1.84. The van der Waals surface area contributed by atoms with E-state index in [0.29, 0.717) is 0 Å². The fourth-order valence-electron chi connectivity index (χ4n) is 0.560. The molecule has 58 valence electrons. The van der Waals surface area contributed by atoms with Gasteiger partial charge in [0.25, 0.3) is 0 Å². The molecule has 0 atom stereocenters. The van der Waals surface area contributed by atoms with Crippen molar-refractivity contribution >= 4 is 6.21 Å². The molecule has 0 aromatic rings. The van der Waals surface area contributed by atoms with Crippen LogP contribution in [0.25, 0.3) is 0 Å². The van der Waals surface area contributed by atoms with Gasteiger partial charge in [0.2, 0.25) is 0 Å². The zero-order valence-corrected chi connectivity index (χ0v) is 7.26. The first-order chi connectivity index (χ1) is 4.70. The smallest absolute Gasteiger partial charge is 0.0498 e. The highest BCUT2D eigenvalue weighted by Crippen LogP contribution is 1.95. The standard InChI is InChI=1S/C8H16N2/c1-5-8(6-2)7-9-10(3)4/h5,7H,6H2,1-4H3/b8-5-,9-7+. The van der Waals surface area contributed by atoms with Crippen molar-refractivity contribution in [3.63, 3.8) is 0 Å². The minimum Gasteiger partial charge on any atom is -0.303 e. The molecule has 10 heavy (non-hydrogen) atoms. The predicted molar refractivity (Wildman–Crippen MR) is 46.2 cm³/mol.